The predicted molar refractivity (Wildman–Crippen MR) is 125 cm³/mol. The van der Waals surface area contributed by atoms with Gasteiger partial charge < -0.3 is 14.5 Å². The smallest absolute Gasteiger partial charge is 0.416 e. The summed E-state index contributed by atoms with van der Waals surface area (Å²) in [6, 6.07) is 19.1. The lowest BCUT2D eigenvalue weighted by Gasteiger charge is -2.09. The number of hydrogen-bond acceptors (Lipinski definition) is 4. The molecule has 0 fully saturated rings. The molecule has 0 radical (unpaired) electrons. The molecule has 0 aliphatic heterocycles. The number of rotatable bonds is 5. The third-order valence-electron chi connectivity index (χ3n) is 5.25. The molecule has 172 valence electrons. The van der Waals surface area contributed by atoms with E-state index in [1.54, 1.807) is 48.0 Å². The van der Waals surface area contributed by atoms with Crippen LogP contribution in [-0.2, 0) is 6.18 Å². The predicted octanol–water partition coefficient (Wildman–Crippen LogP) is 7.69. The molecule has 5 rings (SSSR count). The van der Waals surface area contributed by atoms with E-state index in [0.29, 0.717) is 45.0 Å². The Morgan fingerprint density at radius 2 is 1.74 bits per heavy atom. The van der Waals surface area contributed by atoms with Crippen molar-refractivity contribution < 1.29 is 22.3 Å². The van der Waals surface area contributed by atoms with Crippen molar-refractivity contribution in [2.75, 3.05) is 12.4 Å². The van der Waals surface area contributed by atoms with E-state index in [9.17, 15) is 13.2 Å². The summed E-state index contributed by atoms with van der Waals surface area (Å²) < 4.78 is 52.4. The van der Waals surface area contributed by atoms with Crippen molar-refractivity contribution in [3.05, 3.63) is 89.6 Å². The molecule has 2 aromatic carbocycles. The van der Waals surface area contributed by atoms with Crippen LogP contribution >= 0.6 is 11.6 Å². The third kappa shape index (κ3) is 4.20. The Balaban J connectivity index is 1.58. The van der Waals surface area contributed by atoms with Crippen LogP contribution in [0.15, 0.2) is 83.4 Å². The van der Waals surface area contributed by atoms with Gasteiger partial charge in [0.15, 0.2) is 5.76 Å². The van der Waals surface area contributed by atoms with E-state index < -0.39 is 11.7 Å². The van der Waals surface area contributed by atoms with Crippen LogP contribution in [0, 0.1) is 0 Å². The summed E-state index contributed by atoms with van der Waals surface area (Å²) in [5, 5.41) is 3.84. The number of hydrogen-bond donors (Lipinski definition) is 1. The van der Waals surface area contributed by atoms with Crippen molar-refractivity contribution >= 4 is 28.8 Å². The summed E-state index contributed by atoms with van der Waals surface area (Å²) >= 11 is 6.22. The van der Waals surface area contributed by atoms with Gasteiger partial charge in [-0.05, 0) is 60.7 Å². The molecule has 0 aliphatic rings. The van der Waals surface area contributed by atoms with Crippen molar-refractivity contribution in [3.8, 4) is 28.5 Å². The quantitative estimate of drug-likeness (QED) is 0.278. The van der Waals surface area contributed by atoms with E-state index in [1.165, 1.54) is 6.07 Å². The van der Waals surface area contributed by atoms with Gasteiger partial charge in [0, 0.05) is 17.4 Å². The number of nitrogens with zero attached hydrogens (tertiary/aromatic N) is 2. The van der Waals surface area contributed by atoms with Gasteiger partial charge in [-0.15, -0.1) is 0 Å². The van der Waals surface area contributed by atoms with Gasteiger partial charge in [-0.25, -0.2) is 4.98 Å². The summed E-state index contributed by atoms with van der Waals surface area (Å²) in [7, 11) is 1.59. The number of pyridine rings is 1. The van der Waals surface area contributed by atoms with Crippen molar-refractivity contribution in [1.82, 2.24) is 9.38 Å². The number of furan rings is 1. The molecular weight excluding hydrogens is 467 g/mol. The minimum Gasteiger partial charge on any atom is -0.497 e. The lowest BCUT2D eigenvalue weighted by molar-refractivity contribution is -0.137. The van der Waals surface area contributed by atoms with Gasteiger partial charge in [0.05, 0.1) is 17.7 Å². The zero-order valence-corrected chi connectivity index (χ0v) is 18.5. The van der Waals surface area contributed by atoms with Crippen molar-refractivity contribution in [2.24, 2.45) is 0 Å². The molecule has 0 atom stereocenters. The lowest BCUT2D eigenvalue weighted by Crippen LogP contribution is -2.04. The van der Waals surface area contributed by atoms with E-state index in [4.69, 9.17) is 20.8 Å². The van der Waals surface area contributed by atoms with Crippen LogP contribution in [-0.4, -0.2) is 16.5 Å². The molecule has 0 aliphatic carbocycles. The van der Waals surface area contributed by atoms with E-state index in [0.717, 1.165) is 17.8 Å². The van der Waals surface area contributed by atoms with E-state index >= 15 is 0 Å². The molecule has 3 aromatic heterocycles. The van der Waals surface area contributed by atoms with Crippen LogP contribution in [0.5, 0.6) is 5.75 Å². The first-order chi connectivity index (χ1) is 16.3. The molecule has 1 N–H and O–H groups in total. The molecule has 0 saturated carbocycles. The van der Waals surface area contributed by atoms with Gasteiger partial charge >= 0.3 is 6.18 Å². The standard InChI is InChI=1S/C25H17ClF3N3O2/c1-33-19-8-6-18(7-9-19)30-24-23(31-22-12-5-17(26)14-32(22)24)21-11-10-20(34-21)15-3-2-4-16(13-15)25(27,28)29/h2-14,30H,1H3. The van der Waals surface area contributed by atoms with Crippen LogP contribution in [0.25, 0.3) is 28.4 Å². The van der Waals surface area contributed by atoms with Gasteiger partial charge in [-0.1, -0.05) is 23.7 Å². The van der Waals surface area contributed by atoms with E-state index in [-0.39, 0.29) is 0 Å². The summed E-state index contributed by atoms with van der Waals surface area (Å²) in [5.74, 6) is 1.99. The average Bonchev–Trinajstić information content (AvgIpc) is 3.44. The fraction of sp³-hybridized carbons (Fsp3) is 0.0800. The summed E-state index contributed by atoms with van der Waals surface area (Å²) in [4.78, 5) is 4.66. The Hall–Kier alpha value is -3.91. The average molecular weight is 484 g/mol. The molecule has 0 saturated heterocycles. The first-order valence-corrected chi connectivity index (χ1v) is 10.6. The summed E-state index contributed by atoms with van der Waals surface area (Å²) in [6.07, 6.45) is -2.72. The number of alkyl halides is 3. The third-order valence-corrected chi connectivity index (χ3v) is 5.47. The Labute approximate surface area is 197 Å². The number of ether oxygens (including phenoxy) is 1. The highest BCUT2D eigenvalue weighted by Crippen LogP contribution is 2.37. The van der Waals surface area contributed by atoms with Gasteiger partial charge in [0.1, 0.15) is 28.7 Å². The van der Waals surface area contributed by atoms with E-state index in [2.05, 4.69) is 10.3 Å². The molecule has 5 aromatic rings. The van der Waals surface area contributed by atoms with Crippen molar-refractivity contribution in [3.63, 3.8) is 0 Å². The fourth-order valence-electron chi connectivity index (χ4n) is 3.59. The van der Waals surface area contributed by atoms with Gasteiger partial charge in [-0.2, -0.15) is 13.2 Å². The number of fused-ring (bicyclic) bond motifs is 1. The molecular formula is C25H17ClF3N3O2. The highest BCUT2D eigenvalue weighted by atomic mass is 35.5. The Bertz CT molecular complexity index is 1470. The molecule has 0 unspecified atom stereocenters. The number of aromatic nitrogens is 2. The van der Waals surface area contributed by atoms with Gasteiger partial charge in [0.25, 0.3) is 0 Å². The Kier molecular flexibility index (Phi) is 5.45. The molecule has 0 bridgehead atoms. The summed E-state index contributed by atoms with van der Waals surface area (Å²) in [5.41, 5.74) is 1.45. The Morgan fingerprint density at radius 3 is 2.47 bits per heavy atom. The van der Waals surface area contributed by atoms with Crippen molar-refractivity contribution in [1.29, 1.82) is 0 Å². The second-order valence-corrected chi connectivity index (χ2v) is 7.92. The van der Waals surface area contributed by atoms with Crippen LogP contribution in [0.3, 0.4) is 0 Å². The minimum absolute atomic E-state index is 0.298. The maximum absolute atomic E-state index is 13.1. The van der Waals surface area contributed by atoms with Crippen LogP contribution in [0.1, 0.15) is 5.56 Å². The lowest BCUT2D eigenvalue weighted by atomic mass is 10.1. The maximum Gasteiger partial charge on any atom is 0.416 e. The monoisotopic (exact) mass is 483 g/mol. The molecule has 5 nitrogen and oxygen atoms in total. The highest BCUT2D eigenvalue weighted by Gasteiger charge is 2.30. The van der Waals surface area contributed by atoms with Crippen LogP contribution in [0.2, 0.25) is 5.02 Å². The number of anilines is 2. The minimum atomic E-state index is -4.44. The van der Waals surface area contributed by atoms with Crippen LogP contribution < -0.4 is 10.1 Å². The zero-order chi connectivity index (χ0) is 23.9. The largest absolute Gasteiger partial charge is 0.497 e. The highest BCUT2D eigenvalue weighted by molar-refractivity contribution is 6.30. The molecule has 0 spiro atoms. The van der Waals surface area contributed by atoms with Crippen molar-refractivity contribution in [2.45, 2.75) is 6.18 Å². The van der Waals surface area contributed by atoms with Crippen LogP contribution in [0.4, 0.5) is 24.7 Å². The SMILES string of the molecule is COc1ccc(Nc2c(-c3ccc(-c4cccc(C(F)(F)F)c4)o3)nc3ccc(Cl)cn23)cc1. The maximum atomic E-state index is 13.1. The number of nitrogens with one attached hydrogen (secondary N) is 1. The molecule has 3 heterocycles. The zero-order valence-electron chi connectivity index (χ0n) is 17.7. The van der Waals surface area contributed by atoms with E-state index in [1.807, 2.05) is 24.3 Å². The first-order valence-electron chi connectivity index (χ1n) is 10.2. The Morgan fingerprint density at radius 1 is 0.971 bits per heavy atom. The fourth-order valence-corrected chi connectivity index (χ4v) is 3.75. The van der Waals surface area contributed by atoms with Gasteiger partial charge in [0.2, 0.25) is 0 Å². The number of methoxy groups -OCH3 is 1. The van der Waals surface area contributed by atoms with Gasteiger partial charge in [-0.3, -0.25) is 4.40 Å². The molecule has 34 heavy (non-hydrogen) atoms. The summed E-state index contributed by atoms with van der Waals surface area (Å²) in [6.45, 7) is 0. The normalized spacial score (nSPS) is 11.7. The number of halogens is 4. The molecule has 9 heteroatoms. The second-order valence-electron chi connectivity index (χ2n) is 7.48. The first kappa shape index (κ1) is 21.9. The number of imidazole rings is 1. The number of benzene rings is 2. The topological polar surface area (TPSA) is 51.7 Å². The second kappa shape index (κ2) is 8.46. The molecule has 0 amide bonds.